The summed E-state index contributed by atoms with van der Waals surface area (Å²) in [5.74, 6) is -1.20. The third-order valence-corrected chi connectivity index (χ3v) is 6.06. The maximum atomic E-state index is 13.1. The van der Waals surface area contributed by atoms with Crippen LogP contribution >= 0.6 is 15.9 Å². The number of hydrogen-bond donors (Lipinski definition) is 2. The van der Waals surface area contributed by atoms with E-state index in [9.17, 15) is 19.8 Å². The van der Waals surface area contributed by atoms with Crippen LogP contribution in [0.15, 0.2) is 46.4 Å². The zero-order chi connectivity index (χ0) is 24.8. The van der Waals surface area contributed by atoms with Gasteiger partial charge in [0.2, 0.25) is 0 Å². The standard InChI is InChI=1S/C25H28BrNO7/c1-4-10-34-17-8-5-7-15(12-17)22(28)20-21(16-13-18(26)23(29)19(14-16)33-3)27(9-6-11-32-2)25(31)24(20)30/h5,7-8,12-14,21,28-29H,4,6,9-11H2,1-3H3/b22-20+. The number of hydrogen-bond acceptors (Lipinski definition) is 7. The minimum atomic E-state index is -0.886. The van der Waals surface area contributed by atoms with Crippen molar-refractivity contribution in [3.8, 4) is 17.2 Å². The van der Waals surface area contributed by atoms with Gasteiger partial charge in [0.1, 0.15) is 11.5 Å². The van der Waals surface area contributed by atoms with Crippen LogP contribution in [0.25, 0.3) is 5.76 Å². The molecular weight excluding hydrogens is 506 g/mol. The van der Waals surface area contributed by atoms with Crippen molar-refractivity contribution >= 4 is 33.4 Å². The van der Waals surface area contributed by atoms with Gasteiger partial charge in [0.25, 0.3) is 11.7 Å². The number of phenolic OH excluding ortho intramolecular Hbond substituents is 1. The second-order valence-corrected chi connectivity index (χ2v) is 8.62. The van der Waals surface area contributed by atoms with E-state index in [1.807, 2.05) is 6.92 Å². The molecule has 9 heteroatoms. The number of halogens is 1. The number of carbonyl (C=O) groups is 2. The van der Waals surface area contributed by atoms with E-state index in [4.69, 9.17) is 14.2 Å². The highest BCUT2D eigenvalue weighted by atomic mass is 79.9. The van der Waals surface area contributed by atoms with Crippen molar-refractivity contribution in [2.45, 2.75) is 25.8 Å². The molecule has 0 radical (unpaired) electrons. The molecule has 0 saturated carbocycles. The molecular formula is C25H28BrNO7. The first-order chi connectivity index (χ1) is 16.3. The summed E-state index contributed by atoms with van der Waals surface area (Å²) in [5, 5.41) is 21.5. The first-order valence-corrected chi connectivity index (χ1v) is 11.7. The van der Waals surface area contributed by atoms with Crippen LogP contribution in [0.5, 0.6) is 17.2 Å². The Morgan fingerprint density at radius 1 is 1.15 bits per heavy atom. The highest BCUT2D eigenvalue weighted by molar-refractivity contribution is 9.10. The maximum Gasteiger partial charge on any atom is 0.295 e. The fourth-order valence-electron chi connectivity index (χ4n) is 3.85. The predicted octanol–water partition coefficient (Wildman–Crippen LogP) is 4.41. The number of aliphatic hydroxyl groups excluding tert-OH is 1. The zero-order valence-electron chi connectivity index (χ0n) is 19.3. The number of methoxy groups -OCH3 is 2. The van der Waals surface area contributed by atoms with Crippen molar-refractivity contribution in [1.29, 1.82) is 0 Å². The largest absolute Gasteiger partial charge is 0.507 e. The average Bonchev–Trinajstić information content (AvgIpc) is 3.09. The van der Waals surface area contributed by atoms with E-state index in [-0.39, 0.29) is 29.4 Å². The molecule has 1 amide bonds. The summed E-state index contributed by atoms with van der Waals surface area (Å²) < 4.78 is 16.4. The number of ether oxygens (including phenoxy) is 3. The lowest BCUT2D eigenvalue weighted by molar-refractivity contribution is -0.140. The number of carbonyl (C=O) groups excluding carboxylic acids is 2. The fraction of sp³-hybridized carbons (Fsp3) is 0.360. The van der Waals surface area contributed by atoms with Crippen LogP contribution in [0.2, 0.25) is 0 Å². The molecule has 1 aliphatic heterocycles. The van der Waals surface area contributed by atoms with Gasteiger partial charge in [-0.05, 0) is 58.6 Å². The van der Waals surface area contributed by atoms with E-state index in [2.05, 4.69) is 15.9 Å². The number of ketones is 1. The van der Waals surface area contributed by atoms with Gasteiger partial charge in [-0.15, -0.1) is 0 Å². The predicted molar refractivity (Wildman–Crippen MR) is 130 cm³/mol. The van der Waals surface area contributed by atoms with Crippen molar-refractivity contribution < 1.29 is 34.0 Å². The second kappa shape index (κ2) is 11.4. The lowest BCUT2D eigenvalue weighted by Gasteiger charge is -2.26. The topological polar surface area (TPSA) is 106 Å². The number of aliphatic hydroxyl groups is 1. The van der Waals surface area contributed by atoms with Crippen LogP contribution in [0, 0.1) is 0 Å². The first kappa shape index (κ1) is 25.6. The SMILES string of the molecule is CCCOc1cccc(/C(O)=C2\C(=O)C(=O)N(CCCOC)C2c2cc(Br)c(O)c(OC)c2)c1. The summed E-state index contributed by atoms with van der Waals surface area (Å²) >= 11 is 3.30. The molecule has 0 bridgehead atoms. The van der Waals surface area contributed by atoms with Crippen LogP contribution < -0.4 is 9.47 Å². The van der Waals surface area contributed by atoms with E-state index in [1.165, 1.54) is 12.0 Å². The molecule has 3 rings (SSSR count). The molecule has 1 aliphatic rings. The van der Waals surface area contributed by atoms with Crippen LogP contribution in [0.1, 0.15) is 36.9 Å². The number of phenols is 1. The van der Waals surface area contributed by atoms with Crippen LogP contribution in [0.4, 0.5) is 0 Å². The molecule has 2 N–H and O–H groups in total. The number of likely N-dealkylation sites (tertiary alicyclic amines) is 1. The van der Waals surface area contributed by atoms with Crippen molar-refractivity contribution in [3.05, 3.63) is 57.6 Å². The number of Topliss-reactive ketones (excluding diaryl/α,β-unsaturated/α-hetero) is 1. The smallest absolute Gasteiger partial charge is 0.295 e. The molecule has 1 fully saturated rings. The minimum Gasteiger partial charge on any atom is -0.507 e. The summed E-state index contributed by atoms with van der Waals surface area (Å²) in [5.41, 5.74) is 0.811. The molecule has 1 heterocycles. The molecule has 0 aromatic heterocycles. The molecule has 8 nitrogen and oxygen atoms in total. The van der Waals surface area contributed by atoms with E-state index in [0.717, 1.165) is 6.42 Å². The number of nitrogens with zero attached hydrogens (tertiary/aromatic N) is 1. The van der Waals surface area contributed by atoms with Crippen LogP contribution in [0.3, 0.4) is 0 Å². The first-order valence-electron chi connectivity index (χ1n) is 10.9. The number of benzene rings is 2. The molecule has 2 aromatic carbocycles. The van der Waals surface area contributed by atoms with Crippen molar-refractivity contribution in [2.24, 2.45) is 0 Å². The highest BCUT2D eigenvalue weighted by Crippen LogP contribution is 2.44. The Morgan fingerprint density at radius 3 is 2.59 bits per heavy atom. The van der Waals surface area contributed by atoms with Gasteiger partial charge in [-0.1, -0.05) is 19.1 Å². The van der Waals surface area contributed by atoms with Crippen molar-refractivity contribution in [2.75, 3.05) is 34.0 Å². The Balaban J connectivity index is 2.16. The Hall–Kier alpha value is -3.04. The average molecular weight is 534 g/mol. The van der Waals surface area contributed by atoms with Crippen LogP contribution in [-0.4, -0.2) is 60.8 Å². The van der Waals surface area contributed by atoms with E-state index < -0.39 is 17.7 Å². The van der Waals surface area contributed by atoms with Crippen molar-refractivity contribution in [1.82, 2.24) is 4.90 Å². The summed E-state index contributed by atoms with van der Waals surface area (Å²) in [4.78, 5) is 27.6. The van der Waals surface area contributed by atoms with Gasteiger partial charge in [0, 0.05) is 25.8 Å². The Labute approximate surface area is 206 Å². The van der Waals surface area contributed by atoms with Crippen LogP contribution in [-0.2, 0) is 14.3 Å². The summed E-state index contributed by atoms with van der Waals surface area (Å²) in [6, 6.07) is 9.02. The van der Waals surface area contributed by atoms with Crippen molar-refractivity contribution in [3.63, 3.8) is 0 Å². The Morgan fingerprint density at radius 2 is 1.91 bits per heavy atom. The fourth-order valence-corrected chi connectivity index (χ4v) is 4.31. The van der Waals surface area contributed by atoms with E-state index >= 15 is 0 Å². The third-order valence-electron chi connectivity index (χ3n) is 5.45. The summed E-state index contributed by atoms with van der Waals surface area (Å²) in [6.45, 7) is 3.13. The van der Waals surface area contributed by atoms with Gasteiger partial charge in [0.15, 0.2) is 11.5 Å². The van der Waals surface area contributed by atoms with E-state index in [0.29, 0.717) is 41.0 Å². The normalized spacial score (nSPS) is 17.3. The highest BCUT2D eigenvalue weighted by Gasteiger charge is 2.46. The van der Waals surface area contributed by atoms with Gasteiger partial charge in [0.05, 0.1) is 29.8 Å². The van der Waals surface area contributed by atoms with E-state index in [1.54, 1.807) is 43.5 Å². The second-order valence-electron chi connectivity index (χ2n) is 7.77. The summed E-state index contributed by atoms with van der Waals surface area (Å²) in [7, 11) is 2.96. The van der Waals surface area contributed by atoms with Gasteiger partial charge >= 0.3 is 0 Å². The molecule has 1 atom stereocenters. The number of aromatic hydroxyl groups is 1. The maximum absolute atomic E-state index is 13.1. The van der Waals surface area contributed by atoms with Gasteiger partial charge < -0.3 is 29.3 Å². The van der Waals surface area contributed by atoms with Gasteiger partial charge in [-0.2, -0.15) is 0 Å². The number of rotatable bonds is 10. The van der Waals surface area contributed by atoms with Gasteiger partial charge in [-0.25, -0.2) is 0 Å². The molecule has 1 saturated heterocycles. The Bertz CT molecular complexity index is 1100. The lowest BCUT2D eigenvalue weighted by Crippen LogP contribution is -2.31. The van der Waals surface area contributed by atoms with Gasteiger partial charge in [-0.3, -0.25) is 9.59 Å². The molecule has 0 aliphatic carbocycles. The third kappa shape index (κ3) is 5.20. The zero-order valence-corrected chi connectivity index (χ0v) is 20.9. The molecule has 2 aromatic rings. The lowest BCUT2D eigenvalue weighted by atomic mass is 9.95. The molecule has 1 unspecified atom stereocenters. The molecule has 182 valence electrons. The quantitative estimate of drug-likeness (QED) is 0.201. The molecule has 0 spiro atoms. The molecule has 34 heavy (non-hydrogen) atoms. The minimum absolute atomic E-state index is 0.0466. The number of amides is 1. The monoisotopic (exact) mass is 533 g/mol. The summed E-state index contributed by atoms with van der Waals surface area (Å²) in [6.07, 6.45) is 1.32. The Kier molecular flexibility index (Phi) is 8.57.